The van der Waals surface area contributed by atoms with Gasteiger partial charge in [0.2, 0.25) is 17.7 Å². The Morgan fingerprint density at radius 1 is 0.852 bits per heavy atom. The number of Topliss-reactive ketones (excluding diaryl/α,β-unsaturated/α-hetero) is 1. The molecular weight excluding hydrogens is 348 g/mol. The third kappa shape index (κ3) is 17.9. The van der Waals surface area contributed by atoms with Crippen molar-refractivity contribution < 1.29 is 24.9 Å². The second-order valence-electron chi connectivity index (χ2n) is 5.08. The van der Waals surface area contributed by atoms with Crippen LogP contribution in [0.25, 0.3) is 0 Å². The fraction of sp³-hybridized carbons (Fsp3) is 0.474. The molecule has 0 saturated heterocycles. The summed E-state index contributed by atoms with van der Waals surface area (Å²) in [6.45, 7) is 7.05. The Morgan fingerprint density at radius 3 is 1.67 bits per heavy atom. The fourth-order valence-corrected chi connectivity index (χ4v) is 1.41. The average Bonchev–Trinajstić information content (AvgIpc) is 2.71. The summed E-state index contributed by atoms with van der Waals surface area (Å²) in [6.07, 6.45) is 0.345. The maximum atomic E-state index is 11.2. The van der Waals surface area contributed by atoms with Crippen molar-refractivity contribution in [3.05, 3.63) is 35.9 Å². The highest BCUT2D eigenvalue weighted by Gasteiger charge is 2.07. The van der Waals surface area contributed by atoms with Crippen molar-refractivity contribution in [1.82, 2.24) is 16.0 Å². The van der Waals surface area contributed by atoms with Gasteiger partial charge in [-0.2, -0.15) is 0 Å². The topological polar surface area (TPSA) is 130 Å². The van der Waals surface area contributed by atoms with Gasteiger partial charge in [0.15, 0.2) is 5.78 Å². The van der Waals surface area contributed by atoms with E-state index >= 15 is 0 Å². The van der Waals surface area contributed by atoms with Gasteiger partial charge >= 0.3 is 0 Å². The maximum Gasteiger partial charge on any atom is 0.239 e. The van der Waals surface area contributed by atoms with Crippen LogP contribution in [0.1, 0.15) is 38.5 Å². The van der Waals surface area contributed by atoms with Crippen LogP contribution in [0.2, 0.25) is 0 Å². The van der Waals surface area contributed by atoms with E-state index in [1.54, 1.807) is 6.92 Å². The van der Waals surface area contributed by atoms with Crippen molar-refractivity contribution in [3.63, 3.8) is 0 Å². The average molecular weight is 389 g/mol. The summed E-state index contributed by atoms with van der Waals surface area (Å²) in [7, 11) is 0. The predicted molar refractivity (Wildman–Crippen MR) is 114 cm³/mol. The summed E-state index contributed by atoms with van der Waals surface area (Å²) in [5, 5.41) is 6.89. The molecule has 0 saturated carbocycles. The lowest BCUT2D eigenvalue weighted by Gasteiger charge is -2.06. The van der Waals surface area contributed by atoms with E-state index in [0.717, 1.165) is 0 Å². The Kier molecular flexibility index (Phi) is 17.7. The Hall–Kier alpha value is -2.74. The first-order valence-electron chi connectivity index (χ1n) is 8.92. The molecule has 0 bridgehead atoms. The van der Waals surface area contributed by atoms with E-state index in [9.17, 15) is 19.2 Å². The Balaban J connectivity index is -0.000000102. The van der Waals surface area contributed by atoms with Gasteiger partial charge in [-0.1, -0.05) is 56.7 Å². The molecule has 0 aliphatic carbocycles. The molecule has 0 aliphatic heterocycles. The zero-order valence-corrected chi connectivity index (χ0v) is 16.6. The fourth-order valence-electron chi connectivity index (χ4n) is 1.41. The van der Waals surface area contributed by atoms with Crippen LogP contribution in [0.5, 0.6) is 0 Å². The highest BCUT2D eigenvalue weighted by Crippen LogP contribution is 1.92. The van der Waals surface area contributed by atoms with Crippen LogP contribution < -0.4 is 21.7 Å². The Bertz CT molecular complexity index is 547. The molecule has 3 amide bonds. The number of rotatable bonds is 8. The molecule has 160 valence electrons. The number of carbonyl (C=O) groups excluding carboxylic acids is 4. The minimum atomic E-state index is -0.506. The highest BCUT2D eigenvalue weighted by molar-refractivity contribution is 5.90. The van der Waals surface area contributed by atoms with Crippen LogP contribution in [0.3, 0.4) is 0 Å². The van der Waals surface area contributed by atoms with Crippen LogP contribution in [0.4, 0.5) is 0 Å². The van der Waals surface area contributed by atoms with Gasteiger partial charge in [-0.3, -0.25) is 19.2 Å². The Labute approximate surface area is 167 Å². The molecule has 1 aromatic rings. The van der Waals surface area contributed by atoms with Gasteiger partial charge in [0.1, 0.15) is 0 Å². The molecule has 0 atom stereocenters. The number of amides is 3. The molecule has 1 aromatic carbocycles. The Morgan fingerprint density at radius 2 is 1.30 bits per heavy atom. The maximum absolute atomic E-state index is 11.2. The van der Waals surface area contributed by atoms with E-state index in [0.29, 0.717) is 6.42 Å². The number of nitrogens with one attached hydrogen (secondary N) is 3. The minimum absolute atomic E-state index is 0. The summed E-state index contributed by atoms with van der Waals surface area (Å²) in [6, 6.07) is 10.3. The van der Waals surface area contributed by atoms with Crippen LogP contribution >= 0.6 is 0 Å². The lowest BCUT2D eigenvalue weighted by molar-refractivity contribution is -0.128. The smallest absolute Gasteiger partial charge is 0.239 e. The van der Waals surface area contributed by atoms with Gasteiger partial charge in [0.05, 0.1) is 26.2 Å². The molecule has 0 fully saturated rings. The van der Waals surface area contributed by atoms with Crippen LogP contribution in [-0.4, -0.2) is 49.7 Å². The van der Waals surface area contributed by atoms with E-state index in [1.165, 1.54) is 5.56 Å². The number of benzene rings is 1. The number of hydrogen-bond donors (Lipinski definition) is 4. The van der Waals surface area contributed by atoms with E-state index in [2.05, 4.69) is 35.0 Å². The zero-order chi connectivity index (χ0) is 21.1. The number of aryl methyl sites for hydroxylation is 1. The van der Waals surface area contributed by atoms with Crippen molar-refractivity contribution in [2.24, 2.45) is 5.73 Å². The third-order valence-corrected chi connectivity index (χ3v) is 2.90. The second kappa shape index (κ2) is 18.1. The lowest BCUT2D eigenvalue weighted by Crippen LogP contribution is -2.43. The van der Waals surface area contributed by atoms with Gasteiger partial charge in [-0.15, -0.1) is 0 Å². The number of carbonyl (C=O) groups is 4. The van der Waals surface area contributed by atoms with Gasteiger partial charge in [-0.05, 0) is 6.92 Å². The molecule has 0 aromatic heterocycles. The minimum Gasteiger partial charge on any atom is -0.347 e. The SMILES string of the molecule is CC.CCC(=O)CNC(=O)CNC(=O)CNC(=O)CN.Cc1ccccc1.[HH].[HH].[HH].[HH]. The van der Waals surface area contributed by atoms with Crippen molar-refractivity contribution in [1.29, 1.82) is 0 Å². The van der Waals surface area contributed by atoms with Crippen molar-refractivity contribution in [2.75, 3.05) is 26.2 Å². The summed E-state index contributed by atoms with van der Waals surface area (Å²) in [5.41, 5.74) is 6.34. The molecule has 5 N–H and O–H groups in total. The standard InChI is InChI=1S/C10H18N4O4.C7H8.C2H6.4H2/c1-2-7(15)4-12-9(17)6-14-10(18)5-13-8(16)3-11;1-7-5-3-2-4-6-7;1-2;;;;/h2-6,11H2,1H3,(H,12,17)(H,13,16)(H,14,18);2-6H,1H3;1-2H3;4*1H. The summed E-state index contributed by atoms with van der Waals surface area (Å²) >= 11 is 0. The molecule has 27 heavy (non-hydrogen) atoms. The van der Waals surface area contributed by atoms with E-state index < -0.39 is 17.7 Å². The van der Waals surface area contributed by atoms with E-state index in [4.69, 9.17) is 5.73 Å². The monoisotopic (exact) mass is 388 g/mol. The van der Waals surface area contributed by atoms with E-state index in [1.807, 2.05) is 32.0 Å². The normalized spacial score (nSPS) is 8.78. The number of nitrogens with two attached hydrogens (primary N) is 1. The zero-order valence-electron chi connectivity index (χ0n) is 16.6. The van der Waals surface area contributed by atoms with Crippen molar-refractivity contribution >= 4 is 23.5 Å². The molecule has 8 heteroatoms. The molecule has 8 nitrogen and oxygen atoms in total. The summed E-state index contributed by atoms with van der Waals surface area (Å²) in [5.74, 6) is -1.52. The van der Waals surface area contributed by atoms with Crippen LogP contribution in [-0.2, 0) is 19.2 Å². The first-order valence-corrected chi connectivity index (χ1v) is 8.92. The first-order chi connectivity index (χ1) is 12.9. The molecule has 0 heterocycles. The second-order valence-corrected chi connectivity index (χ2v) is 5.08. The third-order valence-electron chi connectivity index (χ3n) is 2.90. The van der Waals surface area contributed by atoms with Crippen LogP contribution in [0, 0.1) is 6.92 Å². The van der Waals surface area contributed by atoms with Crippen molar-refractivity contribution in [3.8, 4) is 0 Å². The summed E-state index contributed by atoms with van der Waals surface area (Å²) < 4.78 is 0. The summed E-state index contributed by atoms with van der Waals surface area (Å²) in [4.78, 5) is 44.0. The lowest BCUT2D eigenvalue weighted by atomic mass is 10.2. The number of ketones is 1. The molecule has 0 spiro atoms. The van der Waals surface area contributed by atoms with Gasteiger partial charge in [-0.25, -0.2) is 0 Å². The van der Waals surface area contributed by atoms with Gasteiger partial charge in [0, 0.05) is 12.1 Å². The highest BCUT2D eigenvalue weighted by atomic mass is 16.2. The van der Waals surface area contributed by atoms with Gasteiger partial charge < -0.3 is 21.7 Å². The van der Waals surface area contributed by atoms with Crippen molar-refractivity contribution in [2.45, 2.75) is 34.1 Å². The van der Waals surface area contributed by atoms with E-state index in [-0.39, 0.29) is 37.7 Å². The molecule has 0 aliphatic rings. The molecule has 0 radical (unpaired) electrons. The van der Waals surface area contributed by atoms with Gasteiger partial charge in [0.25, 0.3) is 0 Å². The first kappa shape index (κ1) is 26.5. The van der Waals surface area contributed by atoms with Crippen LogP contribution in [0.15, 0.2) is 30.3 Å². The predicted octanol–water partition coefficient (Wildman–Crippen LogP) is 1.28. The molecule has 0 unspecified atom stereocenters. The quantitative estimate of drug-likeness (QED) is 0.533. The molecule has 1 rings (SSSR count). The number of hydrogen-bond acceptors (Lipinski definition) is 5. The molecular formula is C19H40N4O4. The largest absolute Gasteiger partial charge is 0.347 e.